The summed E-state index contributed by atoms with van der Waals surface area (Å²) in [5.41, 5.74) is 5.00. The molecule has 0 bridgehead atoms. The number of sulfonamides is 1. The monoisotopic (exact) mass is 299 g/mol. The summed E-state index contributed by atoms with van der Waals surface area (Å²) < 4.78 is 60.6. The Morgan fingerprint density at radius 3 is 2.61 bits per heavy atom. The highest BCUT2D eigenvalue weighted by Crippen LogP contribution is 2.16. The number of thiocarbonyl (C=S) groups is 1. The van der Waals surface area contributed by atoms with Gasteiger partial charge in [-0.05, 0) is 12.1 Å². The topological polar surface area (TPSA) is 85.1 Å². The van der Waals surface area contributed by atoms with E-state index in [1.165, 1.54) is 17.0 Å². The van der Waals surface area contributed by atoms with Crippen LogP contribution in [0, 0.1) is 0 Å². The van der Waals surface area contributed by atoms with Crippen LogP contribution in [0.3, 0.4) is 0 Å². The lowest BCUT2D eigenvalue weighted by atomic mass is 10.3. The van der Waals surface area contributed by atoms with Crippen molar-refractivity contribution in [1.29, 1.82) is 0 Å². The van der Waals surface area contributed by atoms with E-state index >= 15 is 0 Å². The Kier molecular flexibility index (Phi) is 4.24. The zero-order chi connectivity index (χ0) is 14.0. The quantitative estimate of drug-likeness (QED) is 0.793. The van der Waals surface area contributed by atoms with Crippen LogP contribution in [0.1, 0.15) is 5.69 Å². The molecule has 100 valence electrons. The standard InChI is InChI=1S/C8H8F3N3O2S2/c9-8(10,11)4-14-18(15,16)5-2-1-3-13-6(5)7(12)17/h1-3,14H,4H2,(H2,12,17). The Bertz CT molecular complexity index is 557. The zero-order valence-electron chi connectivity index (χ0n) is 8.73. The van der Waals surface area contributed by atoms with Crippen molar-refractivity contribution in [1.82, 2.24) is 9.71 Å². The van der Waals surface area contributed by atoms with Crippen molar-refractivity contribution in [2.75, 3.05) is 6.54 Å². The minimum Gasteiger partial charge on any atom is -0.388 e. The molecule has 3 N–H and O–H groups in total. The normalized spacial score (nSPS) is 12.4. The second-order valence-corrected chi connectivity index (χ2v) is 5.33. The van der Waals surface area contributed by atoms with Crippen LogP contribution in [-0.4, -0.2) is 31.1 Å². The molecule has 0 saturated heterocycles. The van der Waals surface area contributed by atoms with E-state index in [0.29, 0.717) is 0 Å². The van der Waals surface area contributed by atoms with Gasteiger partial charge in [0.2, 0.25) is 10.0 Å². The molecule has 0 saturated carbocycles. The van der Waals surface area contributed by atoms with Gasteiger partial charge in [0.15, 0.2) is 0 Å². The molecule has 1 rings (SSSR count). The molecule has 0 aliphatic carbocycles. The van der Waals surface area contributed by atoms with Gasteiger partial charge in [0.25, 0.3) is 0 Å². The molecule has 0 aromatic carbocycles. The molecule has 0 fully saturated rings. The number of aromatic nitrogens is 1. The first-order valence-electron chi connectivity index (χ1n) is 4.45. The molecule has 0 radical (unpaired) electrons. The molecule has 1 heterocycles. The van der Waals surface area contributed by atoms with Crippen LogP contribution >= 0.6 is 12.2 Å². The summed E-state index contributed by atoms with van der Waals surface area (Å²) in [6.07, 6.45) is -3.42. The molecule has 1 aromatic heterocycles. The van der Waals surface area contributed by atoms with Gasteiger partial charge in [-0.1, -0.05) is 12.2 Å². The summed E-state index contributed by atoms with van der Waals surface area (Å²) in [4.78, 5) is 2.82. The number of nitrogens with zero attached hydrogens (tertiary/aromatic N) is 1. The number of alkyl halides is 3. The smallest absolute Gasteiger partial charge is 0.388 e. The predicted molar refractivity (Wildman–Crippen MR) is 61.4 cm³/mol. The van der Waals surface area contributed by atoms with Crippen LogP contribution in [0.2, 0.25) is 0 Å². The molecule has 0 atom stereocenters. The fraction of sp³-hybridized carbons (Fsp3) is 0.250. The highest BCUT2D eigenvalue weighted by atomic mass is 32.2. The first-order chi connectivity index (χ1) is 8.13. The fourth-order valence-electron chi connectivity index (χ4n) is 1.05. The van der Waals surface area contributed by atoms with Gasteiger partial charge in [0.1, 0.15) is 22.1 Å². The Labute approximate surface area is 106 Å². The maximum atomic E-state index is 12.0. The summed E-state index contributed by atoms with van der Waals surface area (Å²) >= 11 is 4.58. The van der Waals surface area contributed by atoms with E-state index in [0.717, 1.165) is 6.07 Å². The second kappa shape index (κ2) is 5.16. The number of nitrogens with two attached hydrogens (primary N) is 1. The van der Waals surface area contributed by atoms with E-state index in [4.69, 9.17) is 5.73 Å². The third kappa shape index (κ3) is 3.89. The van der Waals surface area contributed by atoms with Gasteiger partial charge in [-0.25, -0.2) is 13.1 Å². The molecule has 0 amide bonds. The van der Waals surface area contributed by atoms with Crippen molar-refractivity contribution < 1.29 is 21.6 Å². The van der Waals surface area contributed by atoms with E-state index in [2.05, 4.69) is 17.2 Å². The molecular formula is C8H8F3N3O2S2. The maximum Gasteiger partial charge on any atom is 0.402 e. The predicted octanol–water partition coefficient (Wildman–Crippen LogP) is 0.556. The Hall–Kier alpha value is -1.26. The van der Waals surface area contributed by atoms with Crippen molar-refractivity contribution in [2.24, 2.45) is 5.73 Å². The minimum atomic E-state index is -4.65. The molecule has 5 nitrogen and oxygen atoms in total. The van der Waals surface area contributed by atoms with Gasteiger partial charge in [-0.15, -0.1) is 0 Å². The average molecular weight is 299 g/mol. The van der Waals surface area contributed by atoms with Gasteiger partial charge >= 0.3 is 6.18 Å². The fourth-order valence-corrected chi connectivity index (χ4v) is 2.46. The van der Waals surface area contributed by atoms with Crippen LogP contribution in [0.4, 0.5) is 13.2 Å². The van der Waals surface area contributed by atoms with Gasteiger partial charge in [0, 0.05) is 6.20 Å². The molecule has 1 aromatic rings. The Balaban J connectivity index is 3.10. The summed E-state index contributed by atoms with van der Waals surface area (Å²) in [5, 5.41) is 0. The van der Waals surface area contributed by atoms with Crippen molar-refractivity contribution in [3.05, 3.63) is 24.0 Å². The lowest BCUT2D eigenvalue weighted by Gasteiger charge is -2.11. The summed E-state index contributed by atoms with van der Waals surface area (Å²) in [6, 6.07) is 2.32. The second-order valence-electron chi connectivity index (χ2n) is 3.15. The third-order valence-electron chi connectivity index (χ3n) is 1.76. The molecule has 10 heteroatoms. The van der Waals surface area contributed by atoms with Crippen LogP contribution < -0.4 is 10.5 Å². The SMILES string of the molecule is NC(=S)c1ncccc1S(=O)(=O)NCC(F)(F)F. The highest BCUT2D eigenvalue weighted by molar-refractivity contribution is 7.89. The maximum absolute atomic E-state index is 12.0. The van der Waals surface area contributed by atoms with E-state index < -0.39 is 27.6 Å². The number of hydrogen-bond donors (Lipinski definition) is 2. The van der Waals surface area contributed by atoms with E-state index in [1.807, 2.05) is 0 Å². The van der Waals surface area contributed by atoms with Gasteiger partial charge in [-0.3, -0.25) is 4.98 Å². The number of hydrogen-bond acceptors (Lipinski definition) is 4. The number of pyridine rings is 1. The lowest BCUT2D eigenvalue weighted by Crippen LogP contribution is -2.35. The molecular weight excluding hydrogens is 291 g/mol. The highest BCUT2D eigenvalue weighted by Gasteiger charge is 2.31. The summed E-state index contributed by atoms with van der Waals surface area (Å²) in [7, 11) is -4.37. The first kappa shape index (κ1) is 14.8. The zero-order valence-corrected chi connectivity index (χ0v) is 10.4. The van der Waals surface area contributed by atoms with Crippen LogP contribution in [0.25, 0.3) is 0 Å². The average Bonchev–Trinajstić information content (AvgIpc) is 2.26. The molecule has 0 spiro atoms. The molecule has 0 unspecified atom stereocenters. The van der Waals surface area contributed by atoms with Crippen molar-refractivity contribution >= 4 is 27.2 Å². The number of halogens is 3. The minimum absolute atomic E-state index is 0.248. The van der Waals surface area contributed by atoms with E-state index in [-0.39, 0.29) is 10.7 Å². The number of nitrogens with one attached hydrogen (secondary N) is 1. The first-order valence-corrected chi connectivity index (χ1v) is 6.34. The summed E-state index contributed by atoms with van der Waals surface area (Å²) in [5.74, 6) is 0. The molecule has 0 aliphatic rings. The van der Waals surface area contributed by atoms with Crippen LogP contribution in [0.15, 0.2) is 23.2 Å². The lowest BCUT2D eigenvalue weighted by molar-refractivity contribution is -0.121. The third-order valence-corrected chi connectivity index (χ3v) is 3.38. The van der Waals surface area contributed by atoms with Crippen molar-refractivity contribution in [3.63, 3.8) is 0 Å². The largest absolute Gasteiger partial charge is 0.402 e. The van der Waals surface area contributed by atoms with Crippen molar-refractivity contribution in [2.45, 2.75) is 11.1 Å². The Morgan fingerprint density at radius 1 is 1.50 bits per heavy atom. The number of rotatable bonds is 4. The van der Waals surface area contributed by atoms with Gasteiger partial charge in [0.05, 0.1) is 0 Å². The van der Waals surface area contributed by atoms with E-state index in [1.54, 1.807) is 0 Å². The van der Waals surface area contributed by atoms with E-state index in [9.17, 15) is 21.6 Å². The van der Waals surface area contributed by atoms with Crippen LogP contribution in [-0.2, 0) is 10.0 Å². The van der Waals surface area contributed by atoms with Gasteiger partial charge < -0.3 is 5.73 Å². The molecule has 0 aliphatic heterocycles. The van der Waals surface area contributed by atoms with Crippen LogP contribution in [0.5, 0.6) is 0 Å². The Morgan fingerprint density at radius 2 is 2.11 bits per heavy atom. The van der Waals surface area contributed by atoms with Crippen molar-refractivity contribution in [3.8, 4) is 0 Å². The summed E-state index contributed by atoms with van der Waals surface area (Å²) in [6.45, 7) is -1.68. The van der Waals surface area contributed by atoms with Gasteiger partial charge in [-0.2, -0.15) is 13.2 Å². The molecule has 18 heavy (non-hydrogen) atoms.